The van der Waals surface area contributed by atoms with Crippen molar-refractivity contribution in [3.8, 4) is 0 Å². The van der Waals surface area contributed by atoms with Gasteiger partial charge in [0.2, 0.25) is 10.0 Å². The van der Waals surface area contributed by atoms with Crippen molar-refractivity contribution in [3.63, 3.8) is 0 Å². The number of amides is 1. The molecule has 27 heavy (non-hydrogen) atoms. The summed E-state index contributed by atoms with van der Waals surface area (Å²) in [4.78, 5) is 24.0. The lowest BCUT2D eigenvalue weighted by Gasteiger charge is -2.22. The van der Waals surface area contributed by atoms with Crippen LogP contribution in [0, 0.1) is 0 Å². The Hall–Kier alpha value is -2.00. The van der Waals surface area contributed by atoms with Crippen LogP contribution in [0.25, 0.3) is 0 Å². The maximum absolute atomic E-state index is 12.7. The molecule has 1 atom stereocenters. The van der Waals surface area contributed by atoms with Gasteiger partial charge in [-0.15, -0.1) is 0 Å². The van der Waals surface area contributed by atoms with Crippen LogP contribution in [0.15, 0.2) is 29.6 Å². The molecule has 0 unspecified atom stereocenters. The predicted octanol–water partition coefficient (Wildman–Crippen LogP) is 1.39. The molecule has 2 aliphatic rings. The number of nitrogens with zero attached hydrogens (tertiary/aromatic N) is 4. The highest BCUT2D eigenvalue weighted by Gasteiger charge is 2.49. The van der Waals surface area contributed by atoms with E-state index >= 15 is 0 Å². The van der Waals surface area contributed by atoms with E-state index in [1.54, 1.807) is 18.1 Å². The maximum Gasteiger partial charge on any atom is 0.271 e. The van der Waals surface area contributed by atoms with Gasteiger partial charge in [0.1, 0.15) is 5.71 Å². The predicted molar refractivity (Wildman–Crippen MR) is 101 cm³/mol. The summed E-state index contributed by atoms with van der Waals surface area (Å²) in [7, 11) is -1.59. The molecule has 0 aromatic carbocycles. The van der Waals surface area contributed by atoms with Gasteiger partial charge in [-0.3, -0.25) is 9.78 Å². The lowest BCUT2D eigenvalue weighted by molar-refractivity contribution is -0.123. The van der Waals surface area contributed by atoms with Gasteiger partial charge < -0.3 is 9.74 Å². The summed E-state index contributed by atoms with van der Waals surface area (Å²) >= 11 is 0. The van der Waals surface area contributed by atoms with Crippen LogP contribution in [0.5, 0.6) is 0 Å². The van der Waals surface area contributed by atoms with Gasteiger partial charge in [-0.25, -0.2) is 8.42 Å². The normalized spacial score (nSPS) is 22.7. The van der Waals surface area contributed by atoms with Crippen LogP contribution >= 0.6 is 0 Å². The number of sulfonamides is 1. The molecule has 1 saturated heterocycles. The van der Waals surface area contributed by atoms with Crippen molar-refractivity contribution in [1.82, 2.24) is 14.2 Å². The Bertz CT molecular complexity index is 812. The van der Waals surface area contributed by atoms with Crippen molar-refractivity contribution in [3.05, 3.63) is 30.1 Å². The Morgan fingerprint density at radius 3 is 2.93 bits per heavy atom. The first-order chi connectivity index (χ1) is 12.9. The highest BCUT2D eigenvalue weighted by molar-refractivity contribution is 7.89. The van der Waals surface area contributed by atoms with Crippen molar-refractivity contribution in [1.29, 1.82) is 0 Å². The van der Waals surface area contributed by atoms with E-state index in [0.717, 1.165) is 12.1 Å². The third-order valence-corrected chi connectivity index (χ3v) is 6.89. The van der Waals surface area contributed by atoms with E-state index in [9.17, 15) is 13.2 Å². The minimum atomic E-state index is -3.28. The molecule has 0 N–H and O–H groups in total. The molecule has 1 aromatic rings. The Balaban J connectivity index is 1.58. The number of aromatic nitrogens is 1. The number of pyridine rings is 1. The van der Waals surface area contributed by atoms with Gasteiger partial charge in [0.05, 0.1) is 24.5 Å². The number of rotatable bonds is 7. The van der Waals surface area contributed by atoms with E-state index in [2.05, 4.69) is 10.1 Å². The topological polar surface area (TPSA) is 92.2 Å². The number of hydrogen-bond acceptors (Lipinski definition) is 6. The lowest BCUT2D eigenvalue weighted by atomic mass is 9.96. The van der Waals surface area contributed by atoms with Crippen LogP contribution < -0.4 is 0 Å². The highest BCUT2D eigenvalue weighted by atomic mass is 32.2. The zero-order chi connectivity index (χ0) is 19.5. The van der Waals surface area contributed by atoms with E-state index in [-0.39, 0.29) is 18.2 Å². The molecule has 0 bridgehead atoms. The van der Waals surface area contributed by atoms with Crippen LogP contribution in [0.3, 0.4) is 0 Å². The number of hydrogen-bond donors (Lipinski definition) is 0. The maximum atomic E-state index is 12.7. The van der Waals surface area contributed by atoms with Gasteiger partial charge in [0.25, 0.3) is 5.91 Å². The van der Waals surface area contributed by atoms with E-state index in [0.29, 0.717) is 38.1 Å². The van der Waals surface area contributed by atoms with E-state index in [1.165, 1.54) is 4.31 Å². The molecule has 1 amide bonds. The standard InChI is InChI=1S/C18H26N4O4S/c1-3-4-11-27(24,25)22-10-8-18(14-22)12-16(20-26-18)17(23)21(2)13-15-7-5-6-9-19-15/h5-7,9H,3-4,8,10-14H2,1-2H3/t18-/m0/s1. The number of unbranched alkanes of at least 4 members (excludes halogenated alkanes) is 1. The average molecular weight is 394 g/mol. The summed E-state index contributed by atoms with van der Waals surface area (Å²) in [6.07, 6.45) is 4.04. The number of oxime groups is 1. The van der Waals surface area contributed by atoms with Crippen molar-refractivity contribution >= 4 is 21.6 Å². The van der Waals surface area contributed by atoms with Crippen LogP contribution in [0.1, 0.15) is 38.3 Å². The Morgan fingerprint density at radius 1 is 1.41 bits per heavy atom. The smallest absolute Gasteiger partial charge is 0.271 e. The van der Waals surface area contributed by atoms with Crippen molar-refractivity contribution in [2.24, 2.45) is 5.16 Å². The molecular formula is C18H26N4O4S. The minimum Gasteiger partial charge on any atom is -0.387 e. The van der Waals surface area contributed by atoms with E-state index in [1.807, 2.05) is 25.1 Å². The summed E-state index contributed by atoms with van der Waals surface area (Å²) < 4.78 is 26.3. The summed E-state index contributed by atoms with van der Waals surface area (Å²) in [5, 5.41) is 4.00. The molecule has 2 aliphatic heterocycles. The lowest BCUT2D eigenvalue weighted by Crippen LogP contribution is -2.39. The van der Waals surface area contributed by atoms with Gasteiger partial charge >= 0.3 is 0 Å². The molecule has 148 valence electrons. The fraction of sp³-hybridized carbons (Fsp3) is 0.611. The molecular weight excluding hydrogens is 368 g/mol. The van der Waals surface area contributed by atoms with Gasteiger partial charge in [-0.1, -0.05) is 24.6 Å². The van der Waals surface area contributed by atoms with Crippen LogP contribution in [0.2, 0.25) is 0 Å². The average Bonchev–Trinajstić information content (AvgIpc) is 3.28. The third-order valence-electron chi connectivity index (χ3n) is 4.99. The molecule has 1 fully saturated rings. The molecule has 0 aliphatic carbocycles. The first kappa shape index (κ1) is 19.8. The van der Waals surface area contributed by atoms with Crippen molar-refractivity contribution in [2.75, 3.05) is 25.9 Å². The zero-order valence-corrected chi connectivity index (χ0v) is 16.6. The second-order valence-corrected chi connectivity index (χ2v) is 9.31. The summed E-state index contributed by atoms with van der Waals surface area (Å²) in [5.41, 5.74) is 0.411. The SMILES string of the molecule is CCCCS(=O)(=O)N1CC[C@]2(CC(C(=O)N(C)Cc3ccccn3)=NO2)C1. The van der Waals surface area contributed by atoms with Crippen LogP contribution in [-0.2, 0) is 26.2 Å². The molecule has 0 saturated carbocycles. The molecule has 9 heteroatoms. The molecule has 1 spiro atoms. The first-order valence-electron chi connectivity index (χ1n) is 9.23. The third kappa shape index (κ3) is 4.47. The van der Waals surface area contributed by atoms with Crippen molar-refractivity contribution in [2.45, 2.75) is 44.8 Å². The fourth-order valence-electron chi connectivity index (χ4n) is 3.38. The Kier molecular flexibility index (Phi) is 5.81. The summed E-state index contributed by atoms with van der Waals surface area (Å²) in [5.74, 6) is -0.0659. The van der Waals surface area contributed by atoms with Gasteiger partial charge in [0, 0.05) is 32.6 Å². The van der Waals surface area contributed by atoms with Gasteiger partial charge in [0.15, 0.2) is 5.60 Å². The molecule has 3 rings (SSSR count). The number of carbonyl (C=O) groups is 1. The van der Waals surface area contributed by atoms with Crippen LogP contribution in [0.4, 0.5) is 0 Å². The second-order valence-electron chi connectivity index (χ2n) is 7.22. The molecule has 8 nitrogen and oxygen atoms in total. The Morgan fingerprint density at radius 2 is 2.22 bits per heavy atom. The van der Waals surface area contributed by atoms with E-state index < -0.39 is 15.6 Å². The van der Waals surface area contributed by atoms with Crippen LogP contribution in [-0.4, -0.2) is 65.7 Å². The van der Waals surface area contributed by atoms with Crippen molar-refractivity contribution < 1.29 is 18.0 Å². The second kappa shape index (κ2) is 7.93. The summed E-state index contributed by atoms with van der Waals surface area (Å²) in [6.45, 7) is 3.01. The number of carbonyl (C=O) groups excluding carboxylic acids is 1. The minimum absolute atomic E-state index is 0.152. The van der Waals surface area contributed by atoms with Gasteiger partial charge in [-0.05, 0) is 18.6 Å². The Labute approximate surface area is 160 Å². The molecule has 1 aromatic heterocycles. The van der Waals surface area contributed by atoms with Gasteiger partial charge in [-0.2, -0.15) is 4.31 Å². The zero-order valence-electron chi connectivity index (χ0n) is 15.8. The fourth-order valence-corrected chi connectivity index (χ4v) is 5.10. The molecule has 0 radical (unpaired) electrons. The quantitative estimate of drug-likeness (QED) is 0.697. The largest absolute Gasteiger partial charge is 0.387 e. The highest BCUT2D eigenvalue weighted by Crippen LogP contribution is 2.35. The van der Waals surface area contributed by atoms with E-state index in [4.69, 9.17) is 4.84 Å². The molecule has 3 heterocycles. The first-order valence-corrected chi connectivity index (χ1v) is 10.8. The monoisotopic (exact) mass is 394 g/mol. The summed E-state index contributed by atoms with van der Waals surface area (Å²) in [6, 6.07) is 5.55.